The van der Waals surface area contributed by atoms with Crippen LogP contribution >= 0.6 is 0 Å². The van der Waals surface area contributed by atoms with Crippen molar-refractivity contribution in [3.63, 3.8) is 0 Å². The van der Waals surface area contributed by atoms with Crippen LogP contribution in [0.2, 0.25) is 0 Å². The van der Waals surface area contributed by atoms with Crippen LogP contribution in [0, 0.1) is 6.92 Å². The molecule has 1 aromatic heterocycles. The maximum Gasteiger partial charge on any atom is 0.305 e. The maximum atomic E-state index is 10.4. The van der Waals surface area contributed by atoms with Gasteiger partial charge in [-0.1, -0.05) is 0 Å². The Morgan fingerprint density at radius 2 is 1.75 bits per heavy atom. The zero-order chi connectivity index (χ0) is 15.2. The highest BCUT2D eigenvalue weighted by Crippen LogP contribution is 2.07. The Balaban J connectivity index is 2.55. The largest absolute Gasteiger partial charge is 0.481 e. The minimum Gasteiger partial charge on any atom is -0.481 e. The number of nitrogens with one attached hydrogen (secondary N) is 2. The first-order chi connectivity index (χ1) is 9.26. The highest BCUT2D eigenvalue weighted by Gasteiger charge is 2.10. The van der Waals surface area contributed by atoms with Gasteiger partial charge < -0.3 is 21.5 Å². The topological polar surface area (TPSA) is 126 Å². The van der Waals surface area contributed by atoms with Crippen molar-refractivity contribution in [2.45, 2.75) is 39.2 Å². The monoisotopic (exact) mass is 282 g/mol. The minimum atomic E-state index is -0.869. The number of carboxylic acids is 1. The zero-order valence-corrected chi connectivity index (χ0v) is 12.1. The second kappa shape index (κ2) is 6.99. The number of hydrogen-bond acceptors (Lipinski definition) is 7. The Kier molecular flexibility index (Phi) is 5.63. The fourth-order valence-corrected chi connectivity index (χ4v) is 1.42. The number of hydrogen-bond donors (Lipinski definition) is 4. The second-order valence-corrected chi connectivity index (χ2v) is 5.27. The van der Waals surface area contributed by atoms with Gasteiger partial charge in [-0.15, -0.1) is 0 Å². The molecule has 0 saturated heterocycles. The molecule has 0 radical (unpaired) electrons. The Hall–Kier alpha value is -1.96. The molecule has 0 saturated carbocycles. The number of nitrogens with zero attached hydrogens (tertiary/aromatic N) is 3. The van der Waals surface area contributed by atoms with Crippen molar-refractivity contribution in [2.24, 2.45) is 5.73 Å². The summed E-state index contributed by atoms with van der Waals surface area (Å²) in [6.07, 6.45) is 0.786. The summed E-state index contributed by atoms with van der Waals surface area (Å²) in [5, 5.41) is 14.5. The lowest BCUT2D eigenvalue weighted by atomic mass is 10.0. The van der Waals surface area contributed by atoms with Gasteiger partial charge in [0.25, 0.3) is 0 Å². The third-order valence-corrected chi connectivity index (χ3v) is 2.42. The summed E-state index contributed by atoms with van der Waals surface area (Å²) in [6, 6.07) is 0. The highest BCUT2D eigenvalue weighted by atomic mass is 16.4. The van der Waals surface area contributed by atoms with E-state index < -0.39 is 5.97 Å². The van der Waals surface area contributed by atoms with Gasteiger partial charge >= 0.3 is 5.97 Å². The lowest BCUT2D eigenvalue weighted by Gasteiger charge is -2.18. The predicted octanol–water partition coefficient (Wildman–Crippen LogP) is 0.606. The van der Waals surface area contributed by atoms with Crippen LogP contribution in [0.3, 0.4) is 0 Å². The molecule has 1 rings (SSSR count). The SMILES string of the molecule is Cc1nc(NCCC(=O)O)nc(NCCC(C)(C)N)n1. The van der Waals surface area contributed by atoms with Crippen molar-refractivity contribution in [3.8, 4) is 0 Å². The normalized spacial score (nSPS) is 11.2. The van der Waals surface area contributed by atoms with Crippen LogP contribution in [0.15, 0.2) is 0 Å². The Labute approximate surface area is 118 Å². The van der Waals surface area contributed by atoms with Crippen molar-refractivity contribution in [3.05, 3.63) is 5.82 Å². The summed E-state index contributed by atoms with van der Waals surface area (Å²) in [5.41, 5.74) is 5.64. The van der Waals surface area contributed by atoms with E-state index in [1.165, 1.54) is 0 Å². The molecule has 0 fully saturated rings. The molecule has 8 heteroatoms. The van der Waals surface area contributed by atoms with E-state index >= 15 is 0 Å². The van der Waals surface area contributed by atoms with Crippen LogP contribution in [0.4, 0.5) is 11.9 Å². The highest BCUT2D eigenvalue weighted by molar-refractivity contribution is 5.67. The number of rotatable bonds is 8. The quantitative estimate of drug-likeness (QED) is 0.546. The number of anilines is 2. The van der Waals surface area contributed by atoms with Crippen LogP contribution in [0.25, 0.3) is 0 Å². The predicted molar refractivity (Wildman–Crippen MR) is 76.7 cm³/mol. The molecule has 20 heavy (non-hydrogen) atoms. The van der Waals surface area contributed by atoms with Gasteiger partial charge in [0.2, 0.25) is 11.9 Å². The van der Waals surface area contributed by atoms with Gasteiger partial charge in [-0.25, -0.2) is 0 Å². The molecule has 0 aliphatic heterocycles. The number of carbonyl (C=O) groups is 1. The van der Waals surface area contributed by atoms with E-state index in [-0.39, 0.29) is 18.5 Å². The van der Waals surface area contributed by atoms with Gasteiger partial charge in [-0.05, 0) is 27.2 Å². The fraction of sp³-hybridized carbons (Fsp3) is 0.667. The van der Waals surface area contributed by atoms with E-state index in [9.17, 15) is 4.79 Å². The molecule has 0 unspecified atom stereocenters. The molecule has 0 aromatic carbocycles. The molecular weight excluding hydrogens is 260 g/mol. The summed E-state index contributed by atoms with van der Waals surface area (Å²) >= 11 is 0. The van der Waals surface area contributed by atoms with Crippen molar-refractivity contribution >= 4 is 17.9 Å². The minimum absolute atomic E-state index is 0.00879. The van der Waals surface area contributed by atoms with E-state index in [1.807, 2.05) is 13.8 Å². The Bertz CT molecular complexity index is 458. The number of aryl methyl sites for hydroxylation is 1. The van der Waals surface area contributed by atoms with Gasteiger partial charge in [-0.3, -0.25) is 4.79 Å². The van der Waals surface area contributed by atoms with E-state index in [4.69, 9.17) is 10.8 Å². The number of aliphatic carboxylic acids is 1. The average Bonchev–Trinajstić information content (AvgIpc) is 2.25. The van der Waals surface area contributed by atoms with E-state index in [0.717, 1.165) is 6.42 Å². The zero-order valence-electron chi connectivity index (χ0n) is 12.1. The summed E-state index contributed by atoms with van der Waals surface area (Å²) in [4.78, 5) is 22.9. The van der Waals surface area contributed by atoms with Crippen molar-refractivity contribution < 1.29 is 9.90 Å². The van der Waals surface area contributed by atoms with Crippen molar-refractivity contribution in [1.82, 2.24) is 15.0 Å². The first-order valence-electron chi connectivity index (χ1n) is 6.47. The molecule has 1 heterocycles. The summed E-state index contributed by atoms with van der Waals surface area (Å²) in [6.45, 7) is 6.58. The van der Waals surface area contributed by atoms with Crippen LogP contribution in [-0.4, -0.2) is 44.7 Å². The standard InChI is InChI=1S/C12H22N6O2/c1-8-16-10(14-6-4-9(19)20)18-11(17-8)15-7-5-12(2,3)13/h4-7,13H2,1-3H3,(H,19,20)(H2,14,15,16,17,18). The molecular formula is C12H22N6O2. The third-order valence-electron chi connectivity index (χ3n) is 2.42. The van der Waals surface area contributed by atoms with Gasteiger partial charge in [0, 0.05) is 18.6 Å². The summed E-state index contributed by atoms with van der Waals surface area (Å²) in [7, 11) is 0. The van der Waals surface area contributed by atoms with Crippen molar-refractivity contribution in [2.75, 3.05) is 23.7 Å². The van der Waals surface area contributed by atoms with Gasteiger partial charge in [0.15, 0.2) is 0 Å². The Morgan fingerprint density at radius 1 is 1.20 bits per heavy atom. The van der Waals surface area contributed by atoms with Gasteiger partial charge in [0.05, 0.1) is 6.42 Å². The molecule has 0 spiro atoms. The lowest BCUT2D eigenvalue weighted by molar-refractivity contribution is -0.136. The summed E-state index contributed by atoms with van der Waals surface area (Å²) in [5.74, 6) is 0.520. The van der Waals surface area contributed by atoms with Crippen LogP contribution in [-0.2, 0) is 4.79 Å². The maximum absolute atomic E-state index is 10.4. The average molecular weight is 282 g/mol. The van der Waals surface area contributed by atoms with Gasteiger partial charge in [0.1, 0.15) is 5.82 Å². The Morgan fingerprint density at radius 3 is 2.25 bits per heavy atom. The molecule has 8 nitrogen and oxygen atoms in total. The van der Waals surface area contributed by atoms with E-state index in [2.05, 4.69) is 25.6 Å². The molecule has 5 N–H and O–H groups in total. The molecule has 0 bridgehead atoms. The van der Waals surface area contributed by atoms with E-state index in [1.54, 1.807) is 6.92 Å². The van der Waals surface area contributed by atoms with Gasteiger partial charge in [-0.2, -0.15) is 15.0 Å². The molecule has 0 amide bonds. The molecule has 1 aromatic rings. The van der Waals surface area contributed by atoms with Crippen molar-refractivity contribution in [1.29, 1.82) is 0 Å². The summed E-state index contributed by atoms with van der Waals surface area (Å²) < 4.78 is 0. The first-order valence-corrected chi connectivity index (χ1v) is 6.47. The molecule has 0 atom stereocenters. The third kappa shape index (κ3) is 6.83. The molecule has 0 aliphatic carbocycles. The van der Waals surface area contributed by atoms with Crippen LogP contribution in [0.1, 0.15) is 32.5 Å². The van der Waals surface area contributed by atoms with Crippen LogP contribution < -0.4 is 16.4 Å². The lowest BCUT2D eigenvalue weighted by Crippen LogP contribution is -2.34. The second-order valence-electron chi connectivity index (χ2n) is 5.27. The number of nitrogens with two attached hydrogens (primary N) is 1. The fourth-order valence-electron chi connectivity index (χ4n) is 1.42. The van der Waals surface area contributed by atoms with E-state index in [0.29, 0.717) is 24.3 Å². The smallest absolute Gasteiger partial charge is 0.305 e. The van der Waals surface area contributed by atoms with Crippen LogP contribution in [0.5, 0.6) is 0 Å². The first kappa shape index (κ1) is 16.1. The molecule has 0 aliphatic rings. The number of aromatic nitrogens is 3. The number of carboxylic acid groups (broad SMARTS) is 1. The molecule has 112 valence electrons.